The van der Waals surface area contributed by atoms with Crippen LogP contribution in [-0.4, -0.2) is 42.2 Å². The molecule has 0 aliphatic carbocycles. The predicted octanol–water partition coefficient (Wildman–Crippen LogP) is 4.70. The number of hydrogen-bond donors (Lipinski definition) is 1. The highest BCUT2D eigenvalue weighted by molar-refractivity contribution is 6.35. The molecule has 5 nitrogen and oxygen atoms in total. The molecule has 25 heavy (non-hydrogen) atoms. The fourth-order valence-electron chi connectivity index (χ4n) is 3.47. The van der Waals surface area contributed by atoms with E-state index in [0.29, 0.717) is 10.5 Å². The molecular weight excluding hydrogens is 338 g/mol. The Labute approximate surface area is 153 Å². The van der Waals surface area contributed by atoms with Crippen molar-refractivity contribution in [3.63, 3.8) is 0 Å². The Kier molecular flexibility index (Phi) is 6.10. The van der Waals surface area contributed by atoms with Crippen LogP contribution in [0, 0.1) is 0 Å². The van der Waals surface area contributed by atoms with Crippen LogP contribution in [0.3, 0.4) is 0 Å². The fraction of sp³-hybridized carbons (Fsp3) is 0.474. The summed E-state index contributed by atoms with van der Waals surface area (Å²) in [4.78, 5) is 19.2. The molecular formula is C19H24ClN3O2. The smallest absolute Gasteiger partial charge is 0.322 e. The summed E-state index contributed by atoms with van der Waals surface area (Å²) in [6, 6.07) is 7.63. The van der Waals surface area contributed by atoms with E-state index < -0.39 is 0 Å². The predicted molar refractivity (Wildman–Crippen MR) is 101 cm³/mol. The summed E-state index contributed by atoms with van der Waals surface area (Å²) in [6.07, 6.45) is 6.94. The van der Waals surface area contributed by atoms with Gasteiger partial charge in [0.1, 0.15) is 0 Å². The van der Waals surface area contributed by atoms with Gasteiger partial charge in [0.2, 0.25) is 0 Å². The number of amides is 2. The third-order valence-electron chi connectivity index (χ3n) is 4.74. The molecule has 0 bridgehead atoms. The van der Waals surface area contributed by atoms with Gasteiger partial charge in [0.15, 0.2) is 0 Å². The van der Waals surface area contributed by atoms with E-state index >= 15 is 0 Å². The Morgan fingerprint density at radius 1 is 1.40 bits per heavy atom. The zero-order chi connectivity index (χ0) is 17.6. The van der Waals surface area contributed by atoms with Crippen LogP contribution in [0.2, 0.25) is 5.02 Å². The van der Waals surface area contributed by atoms with Crippen molar-refractivity contribution in [1.82, 2.24) is 9.88 Å². The quantitative estimate of drug-likeness (QED) is 0.785. The molecule has 1 atom stereocenters. The second kappa shape index (κ2) is 8.50. The summed E-state index contributed by atoms with van der Waals surface area (Å²) in [5.41, 5.74) is 1.45. The molecule has 3 rings (SSSR count). The van der Waals surface area contributed by atoms with Crippen LogP contribution >= 0.6 is 11.6 Å². The number of halogens is 1. The maximum atomic E-state index is 12.9. The minimum absolute atomic E-state index is 0.0467. The lowest BCUT2D eigenvalue weighted by Gasteiger charge is -2.36. The number of piperidine rings is 1. The number of methoxy groups -OCH3 is 1. The molecule has 1 saturated heterocycles. The van der Waals surface area contributed by atoms with Crippen molar-refractivity contribution < 1.29 is 9.53 Å². The zero-order valence-electron chi connectivity index (χ0n) is 14.5. The molecule has 1 N–H and O–H groups in total. The zero-order valence-corrected chi connectivity index (χ0v) is 15.3. The highest BCUT2D eigenvalue weighted by Gasteiger charge is 2.26. The van der Waals surface area contributed by atoms with Crippen molar-refractivity contribution in [2.75, 3.05) is 25.6 Å². The topological polar surface area (TPSA) is 54.5 Å². The van der Waals surface area contributed by atoms with E-state index in [9.17, 15) is 4.79 Å². The van der Waals surface area contributed by atoms with Crippen molar-refractivity contribution in [3.8, 4) is 0 Å². The van der Waals surface area contributed by atoms with E-state index in [4.69, 9.17) is 16.3 Å². The number of benzene rings is 1. The Balaban J connectivity index is 1.75. The SMILES string of the molecule is COCCCC1CCCCN1C(=O)Nc1ccc(Cl)c2ncccc12. The van der Waals surface area contributed by atoms with Crippen LogP contribution in [-0.2, 0) is 4.74 Å². The molecule has 1 aromatic carbocycles. The van der Waals surface area contributed by atoms with Gasteiger partial charge in [-0.3, -0.25) is 4.98 Å². The second-order valence-electron chi connectivity index (χ2n) is 6.40. The van der Waals surface area contributed by atoms with Crippen LogP contribution < -0.4 is 5.32 Å². The number of carbonyl (C=O) groups excluding carboxylic acids is 1. The number of hydrogen-bond acceptors (Lipinski definition) is 3. The summed E-state index contributed by atoms with van der Waals surface area (Å²) in [5, 5.41) is 4.50. The van der Waals surface area contributed by atoms with E-state index in [2.05, 4.69) is 10.3 Å². The van der Waals surface area contributed by atoms with Gasteiger partial charge in [0.25, 0.3) is 0 Å². The van der Waals surface area contributed by atoms with Gasteiger partial charge in [0.05, 0.1) is 16.2 Å². The Hall–Kier alpha value is -1.85. The van der Waals surface area contributed by atoms with Crippen LogP contribution in [0.1, 0.15) is 32.1 Å². The summed E-state index contributed by atoms with van der Waals surface area (Å²) in [5.74, 6) is 0. The van der Waals surface area contributed by atoms with Crippen molar-refractivity contribution in [2.45, 2.75) is 38.1 Å². The summed E-state index contributed by atoms with van der Waals surface area (Å²) in [7, 11) is 1.71. The summed E-state index contributed by atoms with van der Waals surface area (Å²) < 4.78 is 5.15. The minimum Gasteiger partial charge on any atom is -0.385 e. The standard InChI is InChI=1S/C19H24ClN3O2/c1-25-13-5-7-14-6-2-3-12-23(14)19(24)22-17-10-9-16(20)18-15(17)8-4-11-21-18/h4,8-11,14H,2-3,5-7,12-13H2,1H3,(H,22,24). The third kappa shape index (κ3) is 4.22. The lowest BCUT2D eigenvalue weighted by Crippen LogP contribution is -2.46. The van der Waals surface area contributed by atoms with Crippen LogP contribution in [0.25, 0.3) is 10.9 Å². The molecule has 6 heteroatoms. The third-order valence-corrected chi connectivity index (χ3v) is 5.04. The lowest BCUT2D eigenvalue weighted by molar-refractivity contribution is 0.141. The van der Waals surface area contributed by atoms with Crippen LogP contribution in [0.15, 0.2) is 30.5 Å². The number of pyridine rings is 1. The molecule has 2 aromatic rings. The fourth-order valence-corrected chi connectivity index (χ4v) is 3.68. The van der Waals surface area contributed by atoms with Crippen molar-refractivity contribution in [2.24, 2.45) is 0 Å². The van der Waals surface area contributed by atoms with Crippen molar-refractivity contribution >= 4 is 34.2 Å². The van der Waals surface area contributed by atoms with Gasteiger partial charge in [0, 0.05) is 37.9 Å². The molecule has 134 valence electrons. The van der Waals surface area contributed by atoms with Crippen LogP contribution in [0.5, 0.6) is 0 Å². The molecule has 1 aliphatic rings. The molecule has 0 saturated carbocycles. The number of ether oxygens (including phenoxy) is 1. The van der Waals surface area contributed by atoms with Gasteiger partial charge in [-0.05, 0) is 56.4 Å². The van der Waals surface area contributed by atoms with Crippen LogP contribution in [0.4, 0.5) is 10.5 Å². The number of nitrogens with one attached hydrogen (secondary N) is 1. The number of likely N-dealkylation sites (tertiary alicyclic amines) is 1. The number of carbonyl (C=O) groups is 1. The summed E-state index contributed by atoms with van der Waals surface area (Å²) >= 11 is 6.21. The average Bonchev–Trinajstić information content (AvgIpc) is 2.65. The molecule has 1 aromatic heterocycles. The first-order valence-corrected chi connectivity index (χ1v) is 9.18. The van der Waals surface area contributed by atoms with E-state index in [1.807, 2.05) is 23.1 Å². The maximum Gasteiger partial charge on any atom is 0.322 e. The highest BCUT2D eigenvalue weighted by Crippen LogP contribution is 2.29. The molecule has 0 spiro atoms. The molecule has 1 fully saturated rings. The normalized spacial score (nSPS) is 17.7. The first-order valence-electron chi connectivity index (χ1n) is 8.80. The molecule has 1 aliphatic heterocycles. The number of aromatic nitrogens is 1. The average molecular weight is 362 g/mol. The van der Waals surface area contributed by atoms with Gasteiger partial charge in [-0.15, -0.1) is 0 Å². The Bertz CT molecular complexity index is 738. The number of fused-ring (bicyclic) bond motifs is 1. The van der Waals surface area contributed by atoms with Crippen molar-refractivity contribution in [1.29, 1.82) is 0 Å². The number of urea groups is 1. The van der Waals surface area contributed by atoms with E-state index in [1.165, 1.54) is 6.42 Å². The minimum atomic E-state index is -0.0467. The number of nitrogens with zero attached hydrogens (tertiary/aromatic N) is 2. The van der Waals surface area contributed by atoms with E-state index in [0.717, 1.165) is 49.9 Å². The Morgan fingerprint density at radius 2 is 2.28 bits per heavy atom. The lowest BCUT2D eigenvalue weighted by atomic mass is 9.98. The summed E-state index contributed by atoms with van der Waals surface area (Å²) in [6.45, 7) is 1.53. The number of rotatable bonds is 5. The first kappa shape index (κ1) is 18.0. The van der Waals surface area contributed by atoms with E-state index in [1.54, 1.807) is 19.4 Å². The maximum absolute atomic E-state index is 12.9. The molecule has 0 radical (unpaired) electrons. The van der Waals surface area contributed by atoms with E-state index in [-0.39, 0.29) is 12.1 Å². The highest BCUT2D eigenvalue weighted by atomic mass is 35.5. The monoisotopic (exact) mass is 361 g/mol. The van der Waals surface area contributed by atoms with Gasteiger partial charge in [-0.1, -0.05) is 11.6 Å². The van der Waals surface area contributed by atoms with Gasteiger partial charge < -0.3 is 15.0 Å². The molecule has 2 amide bonds. The van der Waals surface area contributed by atoms with Gasteiger partial charge >= 0.3 is 6.03 Å². The number of anilines is 1. The Morgan fingerprint density at radius 3 is 3.12 bits per heavy atom. The molecule has 1 unspecified atom stereocenters. The largest absolute Gasteiger partial charge is 0.385 e. The van der Waals surface area contributed by atoms with Gasteiger partial charge in [-0.25, -0.2) is 4.79 Å². The first-order chi connectivity index (χ1) is 12.2. The second-order valence-corrected chi connectivity index (χ2v) is 6.81. The van der Waals surface area contributed by atoms with Gasteiger partial charge in [-0.2, -0.15) is 0 Å². The van der Waals surface area contributed by atoms with Crippen molar-refractivity contribution in [3.05, 3.63) is 35.5 Å². The molecule has 2 heterocycles.